The Morgan fingerprint density at radius 3 is 2.53 bits per heavy atom. The van der Waals surface area contributed by atoms with Crippen molar-refractivity contribution in [1.82, 2.24) is 5.32 Å². The van der Waals surface area contributed by atoms with Gasteiger partial charge in [0.2, 0.25) is 10.0 Å². The zero-order valence-corrected chi connectivity index (χ0v) is 18.7. The van der Waals surface area contributed by atoms with E-state index < -0.39 is 28.5 Å². The second-order valence-corrected chi connectivity index (χ2v) is 9.58. The fourth-order valence-electron chi connectivity index (χ4n) is 3.27. The van der Waals surface area contributed by atoms with Gasteiger partial charge in [-0.2, -0.15) is 0 Å². The lowest BCUT2D eigenvalue weighted by Crippen LogP contribution is -2.31. The zero-order chi connectivity index (χ0) is 23.4. The highest BCUT2D eigenvalue weighted by molar-refractivity contribution is 7.89. The van der Waals surface area contributed by atoms with Crippen LogP contribution in [-0.2, 0) is 37.2 Å². The van der Waals surface area contributed by atoms with Crippen LogP contribution in [0, 0.1) is 0 Å². The Morgan fingerprint density at radius 2 is 1.84 bits per heavy atom. The smallest absolute Gasteiger partial charge is 0.344 e. The average Bonchev–Trinajstić information content (AvgIpc) is 3.04. The van der Waals surface area contributed by atoms with Crippen LogP contribution in [0.5, 0.6) is 11.5 Å². The van der Waals surface area contributed by atoms with Crippen molar-refractivity contribution in [2.45, 2.75) is 37.2 Å². The van der Waals surface area contributed by atoms with Crippen LogP contribution < -0.4 is 19.9 Å². The number of hydrogen-bond acceptors (Lipinski definition) is 7. The van der Waals surface area contributed by atoms with E-state index in [1.165, 1.54) is 12.1 Å². The lowest BCUT2D eigenvalue weighted by molar-refractivity contribution is -0.150. The minimum atomic E-state index is -3.74. The molecule has 1 amide bonds. The summed E-state index contributed by atoms with van der Waals surface area (Å²) in [6, 6.07) is 11.6. The number of benzene rings is 2. The molecule has 2 aromatic carbocycles. The number of carbonyl (C=O) groups is 2. The van der Waals surface area contributed by atoms with Gasteiger partial charge < -0.3 is 19.5 Å². The van der Waals surface area contributed by atoms with Gasteiger partial charge in [0, 0.05) is 18.5 Å². The van der Waals surface area contributed by atoms with E-state index >= 15 is 0 Å². The highest BCUT2D eigenvalue weighted by Crippen LogP contribution is 2.41. The predicted molar refractivity (Wildman–Crippen MR) is 116 cm³/mol. The molecule has 0 aromatic heterocycles. The van der Waals surface area contributed by atoms with E-state index in [1.54, 1.807) is 18.2 Å². The molecule has 0 spiro atoms. The van der Waals surface area contributed by atoms with Gasteiger partial charge in [-0.05, 0) is 44.0 Å². The van der Waals surface area contributed by atoms with Gasteiger partial charge in [-0.25, -0.2) is 18.4 Å². The van der Waals surface area contributed by atoms with Gasteiger partial charge in [0.25, 0.3) is 5.91 Å². The molecule has 0 radical (unpaired) electrons. The van der Waals surface area contributed by atoms with Crippen molar-refractivity contribution >= 4 is 21.9 Å². The average molecular weight is 463 g/mol. The lowest BCUT2D eigenvalue weighted by Gasteiger charge is -2.18. The van der Waals surface area contributed by atoms with Crippen molar-refractivity contribution in [2.75, 3.05) is 19.8 Å². The molecule has 0 fully saturated rings. The fraction of sp³-hybridized carbons (Fsp3) is 0.364. The maximum absolute atomic E-state index is 11.9. The van der Waals surface area contributed by atoms with Gasteiger partial charge in [0.15, 0.2) is 24.7 Å². The number of hydrogen-bond donors (Lipinski definition) is 2. The Kier molecular flexibility index (Phi) is 7.05. The molecule has 3 N–H and O–H groups in total. The molecule has 0 saturated heterocycles. The van der Waals surface area contributed by atoms with Gasteiger partial charge in [0.05, 0.1) is 4.90 Å². The first-order valence-corrected chi connectivity index (χ1v) is 11.6. The molecule has 0 aliphatic carbocycles. The number of nitrogens with two attached hydrogens (primary N) is 1. The highest BCUT2D eigenvalue weighted by atomic mass is 32.2. The zero-order valence-electron chi connectivity index (χ0n) is 17.9. The molecule has 172 valence electrons. The summed E-state index contributed by atoms with van der Waals surface area (Å²) in [5.41, 5.74) is 1.51. The molecule has 1 aliphatic rings. The Hall–Kier alpha value is -3.11. The topological polar surface area (TPSA) is 134 Å². The van der Waals surface area contributed by atoms with Crippen LogP contribution in [0.3, 0.4) is 0 Å². The number of sulfonamides is 1. The van der Waals surface area contributed by atoms with E-state index in [0.717, 1.165) is 17.5 Å². The van der Waals surface area contributed by atoms with Crippen molar-refractivity contribution in [2.24, 2.45) is 5.14 Å². The molecule has 1 aliphatic heterocycles. The number of ether oxygens (including phenoxy) is 3. The number of esters is 1. The summed E-state index contributed by atoms with van der Waals surface area (Å²) in [6.07, 6.45) is 1.23. The Labute approximate surface area is 186 Å². The van der Waals surface area contributed by atoms with Crippen LogP contribution in [0.25, 0.3) is 0 Å². The van der Waals surface area contributed by atoms with Crippen LogP contribution in [-0.4, -0.2) is 45.7 Å². The fourth-order valence-corrected chi connectivity index (χ4v) is 3.78. The summed E-state index contributed by atoms with van der Waals surface area (Å²) in [5, 5.41) is 7.68. The largest absolute Gasteiger partial charge is 0.483 e. The van der Waals surface area contributed by atoms with E-state index in [9.17, 15) is 18.0 Å². The first-order valence-electron chi connectivity index (χ1n) is 10.0. The maximum atomic E-state index is 11.9. The van der Waals surface area contributed by atoms with Crippen LogP contribution in [0.1, 0.15) is 25.0 Å². The third kappa shape index (κ3) is 6.44. The Morgan fingerprint density at radius 1 is 1.12 bits per heavy atom. The third-order valence-corrected chi connectivity index (χ3v) is 5.68. The summed E-state index contributed by atoms with van der Waals surface area (Å²) in [5.74, 6) is -0.0400. The van der Waals surface area contributed by atoms with E-state index in [2.05, 4.69) is 5.32 Å². The molecule has 0 atom stereocenters. The quantitative estimate of drug-likeness (QED) is 0.537. The van der Waals surface area contributed by atoms with Crippen LogP contribution in [0.15, 0.2) is 47.4 Å². The predicted octanol–water partition coefficient (Wildman–Crippen LogP) is 1.33. The minimum Gasteiger partial charge on any atom is -0.483 e. The molecule has 0 bridgehead atoms. The molecule has 32 heavy (non-hydrogen) atoms. The number of primary sulfonamides is 1. The van der Waals surface area contributed by atoms with Gasteiger partial charge in [0.1, 0.15) is 5.60 Å². The maximum Gasteiger partial charge on any atom is 0.344 e. The Balaban J connectivity index is 1.37. The van der Waals surface area contributed by atoms with Crippen LogP contribution in [0.2, 0.25) is 0 Å². The third-order valence-electron chi connectivity index (χ3n) is 4.75. The molecule has 1 heterocycles. The second kappa shape index (κ2) is 9.58. The molecule has 3 rings (SSSR count). The lowest BCUT2D eigenvalue weighted by atomic mass is 10.0. The first kappa shape index (κ1) is 23.6. The first-order chi connectivity index (χ1) is 15.0. The molecule has 2 aromatic rings. The van der Waals surface area contributed by atoms with Crippen molar-refractivity contribution in [1.29, 1.82) is 0 Å². The van der Waals surface area contributed by atoms with Gasteiger partial charge in [-0.1, -0.05) is 24.3 Å². The number of rotatable bonds is 9. The van der Waals surface area contributed by atoms with E-state index in [-0.39, 0.29) is 17.1 Å². The van der Waals surface area contributed by atoms with Crippen molar-refractivity contribution < 1.29 is 32.2 Å². The SMILES string of the molecule is CC1(C)Cc2cccc(OCC(=O)OCC(=O)NCCc3ccc(S(N)(=O)=O)cc3)c2O1. The minimum absolute atomic E-state index is 0.0233. The van der Waals surface area contributed by atoms with Gasteiger partial charge >= 0.3 is 5.97 Å². The number of carbonyl (C=O) groups excluding carboxylic acids is 2. The highest BCUT2D eigenvalue weighted by Gasteiger charge is 2.32. The standard InChI is InChI=1S/C22H26N2O7S/c1-22(2)12-16-4-3-5-18(21(16)31-22)29-14-20(26)30-13-19(25)24-11-10-15-6-8-17(9-7-15)32(23,27)28/h3-9H,10-14H2,1-2H3,(H,24,25)(H2,23,27,28). The molecule has 9 nitrogen and oxygen atoms in total. The number of fused-ring (bicyclic) bond motifs is 1. The van der Waals surface area contributed by atoms with Crippen LogP contribution in [0.4, 0.5) is 0 Å². The number of para-hydroxylation sites is 1. The Bertz CT molecular complexity index is 1100. The summed E-state index contributed by atoms with van der Waals surface area (Å²) >= 11 is 0. The van der Waals surface area contributed by atoms with Gasteiger partial charge in [-0.3, -0.25) is 4.79 Å². The summed E-state index contributed by atoms with van der Waals surface area (Å²) < 4.78 is 38.8. The van der Waals surface area contributed by atoms with E-state index in [0.29, 0.717) is 24.5 Å². The van der Waals surface area contributed by atoms with Gasteiger partial charge in [-0.15, -0.1) is 0 Å². The summed E-state index contributed by atoms with van der Waals surface area (Å²) in [6.45, 7) is 3.48. The van der Waals surface area contributed by atoms with Crippen LogP contribution >= 0.6 is 0 Å². The summed E-state index contributed by atoms with van der Waals surface area (Å²) in [4.78, 5) is 23.8. The van der Waals surface area contributed by atoms with Crippen molar-refractivity contribution in [3.63, 3.8) is 0 Å². The molecular formula is C22H26N2O7S. The molecule has 0 unspecified atom stereocenters. The molecular weight excluding hydrogens is 436 g/mol. The number of amides is 1. The summed E-state index contributed by atoms with van der Waals surface area (Å²) in [7, 11) is -3.74. The normalized spacial score (nSPS) is 14.2. The van der Waals surface area contributed by atoms with E-state index in [1.807, 2.05) is 26.0 Å². The molecule has 10 heteroatoms. The van der Waals surface area contributed by atoms with Crippen molar-refractivity contribution in [3.05, 3.63) is 53.6 Å². The van der Waals surface area contributed by atoms with E-state index in [4.69, 9.17) is 19.3 Å². The number of nitrogens with one attached hydrogen (secondary N) is 1. The van der Waals surface area contributed by atoms with Crippen molar-refractivity contribution in [3.8, 4) is 11.5 Å². The second-order valence-electron chi connectivity index (χ2n) is 8.02. The monoisotopic (exact) mass is 462 g/mol. The molecule has 0 saturated carbocycles.